The SMILES string of the molecule is Cc1nc(C(Oc2ccccn2)c2ccc(F)c(Cl)c2)n(COCC[Si](C)(C)C)c1S(C)(=O)=O. The van der Waals surface area contributed by atoms with E-state index in [2.05, 4.69) is 29.6 Å². The maximum atomic E-state index is 13.9. The average Bonchev–Trinajstić information content (AvgIpc) is 3.08. The van der Waals surface area contributed by atoms with Crippen LogP contribution in [0.5, 0.6) is 5.88 Å². The molecule has 0 bridgehead atoms. The molecule has 0 fully saturated rings. The molecule has 34 heavy (non-hydrogen) atoms. The Bertz CT molecular complexity index is 1250. The molecule has 0 radical (unpaired) electrons. The Morgan fingerprint density at radius 1 is 1.21 bits per heavy atom. The van der Waals surface area contributed by atoms with Gasteiger partial charge in [-0.05, 0) is 31.2 Å². The van der Waals surface area contributed by atoms with Crippen molar-refractivity contribution in [3.8, 4) is 5.88 Å². The minimum absolute atomic E-state index is 0.0277. The average molecular weight is 526 g/mol. The number of rotatable bonds is 10. The molecule has 0 saturated heterocycles. The first-order valence-corrected chi connectivity index (χ1v) is 16.7. The van der Waals surface area contributed by atoms with E-state index in [1.807, 2.05) is 0 Å². The van der Waals surface area contributed by atoms with Crippen molar-refractivity contribution < 1.29 is 22.3 Å². The van der Waals surface area contributed by atoms with Gasteiger partial charge in [0, 0.05) is 38.8 Å². The van der Waals surface area contributed by atoms with Crippen LogP contribution in [0.1, 0.15) is 23.2 Å². The summed E-state index contributed by atoms with van der Waals surface area (Å²) < 4.78 is 52.8. The van der Waals surface area contributed by atoms with Crippen molar-refractivity contribution in [2.24, 2.45) is 0 Å². The van der Waals surface area contributed by atoms with E-state index in [-0.39, 0.29) is 16.8 Å². The predicted molar refractivity (Wildman–Crippen MR) is 132 cm³/mol. The molecule has 2 heterocycles. The zero-order chi connectivity index (χ0) is 25.1. The van der Waals surface area contributed by atoms with Gasteiger partial charge < -0.3 is 9.47 Å². The number of imidazole rings is 1. The van der Waals surface area contributed by atoms with E-state index in [9.17, 15) is 12.8 Å². The molecule has 7 nitrogen and oxygen atoms in total. The molecule has 1 aromatic carbocycles. The summed E-state index contributed by atoms with van der Waals surface area (Å²) >= 11 is 6.05. The number of hydrogen-bond donors (Lipinski definition) is 0. The highest BCUT2D eigenvalue weighted by atomic mass is 35.5. The van der Waals surface area contributed by atoms with Crippen LogP contribution in [-0.2, 0) is 21.3 Å². The summed E-state index contributed by atoms with van der Waals surface area (Å²) in [5.41, 5.74) is 0.805. The third-order valence-corrected chi connectivity index (χ3v) is 8.25. The molecule has 0 aliphatic heterocycles. The zero-order valence-electron chi connectivity index (χ0n) is 19.9. The van der Waals surface area contributed by atoms with Gasteiger partial charge in [-0.25, -0.2) is 22.8 Å². The Hall–Kier alpha value is -2.27. The second-order valence-corrected chi connectivity index (χ2v) is 17.2. The first kappa shape index (κ1) is 26.3. The lowest BCUT2D eigenvalue weighted by atomic mass is 10.1. The highest BCUT2D eigenvalue weighted by Gasteiger charge is 2.30. The number of benzene rings is 1. The summed E-state index contributed by atoms with van der Waals surface area (Å²) in [7, 11) is -4.98. The number of aryl methyl sites for hydroxylation is 1. The first-order valence-electron chi connectivity index (χ1n) is 10.7. The van der Waals surface area contributed by atoms with Crippen molar-refractivity contribution in [2.45, 2.75) is 50.5 Å². The summed E-state index contributed by atoms with van der Waals surface area (Å²) in [6.07, 6.45) is 1.79. The van der Waals surface area contributed by atoms with Gasteiger partial charge in [0.05, 0.1) is 10.7 Å². The molecular formula is C23H29ClFN3O4SSi. The molecule has 184 valence electrons. The van der Waals surface area contributed by atoms with Gasteiger partial charge in [0.2, 0.25) is 5.88 Å². The summed E-state index contributed by atoms with van der Waals surface area (Å²) in [4.78, 5) is 8.76. The van der Waals surface area contributed by atoms with Crippen LogP contribution in [0.2, 0.25) is 30.7 Å². The lowest BCUT2D eigenvalue weighted by molar-refractivity contribution is 0.0740. The normalized spacial score (nSPS) is 13.1. The van der Waals surface area contributed by atoms with Crippen LogP contribution < -0.4 is 4.74 Å². The molecule has 3 rings (SSSR count). The van der Waals surface area contributed by atoms with Crippen LogP contribution in [0.15, 0.2) is 47.6 Å². The van der Waals surface area contributed by atoms with Gasteiger partial charge in [-0.2, -0.15) is 0 Å². The Labute approximate surface area is 205 Å². The number of halogens is 2. The van der Waals surface area contributed by atoms with Crippen LogP contribution in [-0.4, -0.2) is 43.9 Å². The molecule has 2 aromatic heterocycles. The van der Waals surface area contributed by atoms with Crippen molar-refractivity contribution in [3.63, 3.8) is 0 Å². The number of sulfone groups is 1. The molecule has 11 heteroatoms. The fourth-order valence-corrected chi connectivity index (χ4v) is 5.46. The number of hydrogen-bond acceptors (Lipinski definition) is 6. The summed E-state index contributed by atoms with van der Waals surface area (Å²) in [6.45, 7) is 8.79. The van der Waals surface area contributed by atoms with Crippen molar-refractivity contribution in [2.75, 3.05) is 12.9 Å². The van der Waals surface area contributed by atoms with Crippen LogP contribution in [0.3, 0.4) is 0 Å². The zero-order valence-corrected chi connectivity index (χ0v) is 22.5. The second-order valence-electron chi connectivity index (χ2n) is 9.25. The third kappa shape index (κ3) is 6.65. The van der Waals surface area contributed by atoms with Gasteiger partial charge >= 0.3 is 0 Å². The lowest BCUT2D eigenvalue weighted by Crippen LogP contribution is -2.23. The van der Waals surface area contributed by atoms with Gasteiger partial charge in [-0.1, -0.05) is 43.4 Å². The molecule has 0 spiro atoms. The van der Waals surface area contributed by atoms with E-state index in [4.69, 9.17) is 21.1 Å². The summed E-state index contributed by atoms with van der Waals surface area (Å²) in [6, 6.07) is 10.3. The molecule has 0 aliphatic rings. The summed E-state index contributed by atoms with van der Waals surface area (Å²) in [5, 5.41) is -0.0463. The molecule has 1 unspecified atom stereocenters. The molecule has 3 aromatic rings. The molecular weight excluding hydrogens is 497 g/mol. The number of ether oxygens (including phenoxy) is 2. The topological polar surface area (TPSA) is 83.3 Å². The van der Waals surface area contributed by atoms with E-state index in [1.54, 1.807) is 31.3 Å². The molecule has 0 saturated carbocycles. The monoisotopic (exact) mass is 525 g/mol. The van der Waals surface area contributed by atoms with Crippen molar-refractivity contribution in [3.05, 3.63) is 70.5 Å². The predicted octanol–water partition coefficient (Wildman–Crippen LogP) is 5.26. The number of aromatic nitrogens is 3. The van der Waals surface area contributed by atoms with E-state index in [0.717, 1.165) is 12.3 Å². The van der Waals surface area contributed by atoms with Crippen molar-refractivity contribution >= 4 is 29.5 Å². The van der Waals surface area contributed by atoms with Gasteiger partial charge in [0.15, 0.2) is 26.8 Å². The van der Waals surface area contributed by atoms with Crippen LogP contribution in [0.4, 0.5) is 4.39 Å². The fourth-order valence-electron chi connectivity index (χ4n) is 3.39. The third-order valence-electron chi connectivity index (χ3n) is 5.04. The van der Waals surface area contributed by atoms with Crippen LogP contribution in [0, 0.1) is 12.7 Å². The van der Waals surface area contributed by atoms with Gasteiger partial charge in [0.25, 0.3) is 0 Å². The molecule has 0 amide bonds. The number of pyridine rings is 1. The van der Waals surface area contributed by atoms with Crippen molar-refractivity contribution in [1.82, 2.24) is 14.5 Å². The van der Waals surface area contributed by atoms with Gasteiger partial charge in [-0.15, -0.1) is 0 Å². The standard InChI is InChI=1S/C23H29ClFN3O4SSi/c1-16-23(33(2,29)30)28(15-31-12-13-34(3,4)5)22(27-16)21(32-20-8-6-7-11-26-20)17-9-10-19(25)18(24)14-17/h6-11,14,21H,12-13,15H2,1-5H3. The maximum Gasteiger partial charge on any atom is 0.214 e. The Balaban J connectivity index is 2.10. The minimum Gasteiger partial charge on any atom is -0.461 e. The molecule has 0 aliphatic carbocycles. The second kappa shape index (κ2) is 10.6. The van der Waals surface area contributed by atoms with E-state index >= 15 is 0 Å². The Kier molecular flexibility index (Phi) is 8.17. The largest absolute Gasteiger partial charge is 0.461 e. The van der Waals surface area contributed by atoms with E-state index < -0.39 is 29.8 Å². The van der Waals surface area contributed by atoms with Gasteiger partial charge in [0.1, 0.15) is 12.5 Å². The van der Waals surface area contributed by atoms with E-state index in [1.165, 1.54) is 22.8 Å². The van der Waals surface area contributed by atoms with E-state index in [0.29, 0.717) is 29.6 Å². The quantitative estimate of drug-likeness (QED) is 0.265. The molecule has 1 atom stereocenters. The molecule has 0 N–H and O–H groups in total. The minimum atomic E-state index is -3.64. The Morgan fingerprint density at radius 3 is 2.53 bits per heavy atom. The Morgan fingerprint density at radius 2 is 1.94 bits per heavy atom. The first-order chi connectivity index (χ1) is 15.9. The van der Waals surface area contributed by atoms with Crippen molar-refractivity contribution in [1.29, 1.82) is 0 Å². The van der Waals surface area contributed by atoms with Gasteiger partial charge in [-0.3, -0.25) is 4.57 Å². The number of nitrogens with zero attached hydrogens (tertiary/aromatic N) is 3. The maximum absolute atomic E-state index is 13.9. The van der Waals surface area contributed by atoms with Crippen LogP contribution in [0.25, 0.3) is 0 Å². The highest BCUT2D eigenvalue weighted by Crippen LogP contribution is 2.32. The summed E-state index contributed by atoms with van der Waals surface area (Å²) in [5.74, 6) is 0.00740. The fraction of sp³-hybridized carbons (Fsp3) is 0.391. The smallest absolute Gasteiger partial charge is 0.214 e. The lowest BCUT2D eigenvalue weighted by Gasteiger charge is -2.21. The highest BCUT2D eigenvalue weighted by molar-refractivity contribution is 7.90. The van der Waals surface area contributed by atoms with Crippen LogP contribution >= 0.6 is 11.6 Å².